The van der Waals surface area contributed by atoms with E-state index in [1.165, 1.54) is 0 Å². The first-order chi connectivity index (χ1) is 12.6. The number of carbonyl (C=O) groups excluding carboxylic acids is 2. The van der Waals surface area contributed by atoms with Crippen molar-refractivity contribution in [1.82, 2.24) is 19.6 Å². The highest BCUT2D eigenvalue weighted by atomic mass is 16.2. The first-order valence-electron chi connectivity index (χ1n) is 8.39. The van der Waals surface area contributed by atoms with Gasteiger partial charge in [-0.15, -0.1) is 0 Å². The van der Waals surface area contributed by atoms with Crippen molar-refractivity contribution in [2.75, 3.05) is 10.6 Å². The maximum Gasteiger partial charge on any atom is 0.278 e. The second-order valence-electron chi connectivity index (χ2n) is 5.55. The smallest absolute Gasteiger partial charge is 0.278 e. The van der Waals surface area contributed by atoms with Crippen molar-refractivity contribution in [3.8, 4) is 0 Å². The Balaban J connectivity index is 1.84. The number of rotatable bonds is 6. The summed E-state index contributed by atoms with van der Waals surface area (Å²) in [5.41, 5.74) is 1.59. The van der Waals surface area contributed by atoms with Crippen LogP contribution in [0.3, 0.4) is 0 Å². The van der Waals surface area contributed by atoms with Crippen LogP contribution in [-0.4, -0.2) is 31.4 Å². The molecule has 1 aromatic carbocycles. The summed E-state index contributed by atoms with van der Waals surface area (Å²) >= 11 is 0. The summed E-state index contributed by atoms with van der Waals surface area (Å²) in [4.78, 5) is 25.1. The molecule has 8 heteroatoms. The molecule has 0 saturated carbocycles. The van der Waals surface area contributed by atoms with Crippen molar-refractivity contribution < 1.29 is 9.59 Å². The Hall–Kier alpha value is -3.42. The highest BCUT2D eigenvalue weighted by molar-refractivity contribution is 6.11. The van der Waals surface area contributed by atoms with Gasteiger partial charge in [0.05, 0.1) is 5.69 Å². The topological polar surface area (TPSA) is 93.8 Å². The van der Waals surface area contributed by atoms with Gasteiger partial charge in [-0.25, -0.2) is 0 Å². The van der Waals surface area contributed by atoms with Crippen molar-refractivity contribution in [2.24, 2.45) is 0 Å². The van der Waals surface area contributed by atoms with Gasteiger partial charge in [0, 0.05) is 31.2 Å². The lowest BCUT2D eigenvalue weighted by molar-refractivity contribution is 0.101. The number of benzene rings is 1. The Morgan fingerprint density at radius 2 is 1.77 bits per heavy atom. The van der Waals surface area contributed by atoms with E-state index in [9.17, 15) is 9.59 Å². The number of hydrogen-bond acceptors (Lipinski definition) is 4. The van der Waals surface area contributed by atoms with Crippen LogP contribution in [0.15, 0.2) is 48.8 Å². The van der Waals surface area contributed by atoms with Crippen LogP contribution in [0.2, 0.25) is 0 Å². The van der Waals surface area contributed by atoms with Crippen molar-refractivity contribution in [3.63, 3.8) is 0 Å². The highest BCUT2D eigenvalue weighted by Crippen LogP contribution is 2.17. The molecular formula is C18H20N6O2. The third-order valence-corrected chi connectivity index (χ3v) is 3.83. The van der Waals surface area contributed by atoms with E-state index in [1.54, 1.807) is 40.0 Å². The number of aromatic nitrogens is 4. The van der Waals surface area contributed by atoms with Crippen LogP contribution < -0.4 is 10.6 Å². The molecule has 0 aliphatic rings. The number of aryl methyl sites for hydroxylation is 2. The molecule has 0 saturated heterocycles. The Bertz CT molecular complexity index is 913. The molecule has 0 fully saturated rings. The minimum absolute atomic E-state index is 0.159. The number of carbonyl (C=O) groups is 2. The largest absolute Gasteiger partial charge is 0.321 e. The summed E-state index contributed by atoms with van der Waals surface area (Å²) in [6, 6.07) is 10.7. The van der Waals surface area contributed by atoms with Crippen LogP contribution in [0, 0.1) is 0 Å². The van der Waals surface area contributed by atoms with Gasteiger partial charge in [0.1, 0.15) is 5.69 Å². The van der Waals surface area contributed by atoms with Gasteiger partial charge >= 0.3 is 0 Å². The molecule has 0 aliphatic heterocycles. The second kappa shape index (κ2) is 7.64. The quantitative estimate of drug-likeness (QED) is 0.713. The number of hydrogen-bond donors (Lipinski definition) is 2. The van der Waals surface area contributed by atoms with Crippen LogP contribution in [0.1, 0.15) is 34.8 Å². The third kappa shape index (κ3) is 3.64. The van der Waals surface area contributed by atoms with Crippen molar-refractivity contribution >= 4 is 23.2 Å². The lowest BCUT2D eigenvalue weighted by atomic mass is 10.3. The van der Waals surface area contributed by atoms with E-state index in [-0.39, 0.29) is 17.5 Å². The second-order valence-corrected chi connectivity index (χ2v) is 5.55. The highest BCUT2D eigenvalue weighted by Gasteiger charge is 2.20. The van der Waals surface area contributed by atoms with Crippen molar-refractivity contribution in [1.29, 1.82) is 0 Å². The van der Waals surface area contributed by atoms with Crippen molar-refractivity contribution in [2.45, 2.75) is 26.9 Å². The number of amides is 2. The van der Waals surface area contributed by atoms with E-state index < -0.39 is 0 Å². The van der Waals surface area contributed by atoms with Crippen LogP contribution in [0.25, 0.3) is 0 Å². The molecule has 0 bridgehead atoms. The van der Waals surface area contributed by atoms with Gasteiger partial charge in [-0.05, 0) is 32.0 Å². The van der Waals surface area contributed by atoms with Gasteiger partial charge in [0.25, 0.3) is 11.8 Å². The van der Waals surface area contributed by atoms with E-state index in [0.29, 0.717) is 30.2 Å². The lowest BCUT2D eigenvalue weighted by Crippen LogP contribution is -2.20. The average molecular weight is 352 g/mol. The minimum atomic E-state index is -0.386. The molecule has 26 heavy (non-hydrogen) atoms. The van der Waals surface area contributed by atoms with Gasteiger partial charge in [0.2, 0.25) is 0 Å². The Morgan fingerprint density at radius 1 is 1.00 bits per heavy atom. The molecule has 0 aliphatic carbocycles. The summed E-state index contributed by atoms with van der Waals surface area (Å²) in [7, 11) is 0. The minimum Gasteiger partial charge on any atom is -0.321 e. The van der Waals surface area contributed by atoms with Crippen LogP contribution >= 0.6 is 0 Å². The third-order valence-electron chi connectivity index (χ3n) is 3.83. The summed E-state index contributed by atoms with van der Waals surface area (Å²) in [6.07, 6.45) is 3.21. The predicted molar refractivity (Wildman–Crippen MR) is 98.2 cm³/mol. The molecular weight excluding hydrogens is 332 g/mol. The maximum absolute atomic E-state index is 12.6. The number of nitrogens with zero attached hydrogens (tertiary/aromatic N) is 4. The SMILES string of the molecule is CCn1cc(NC(=O)c2ccnn2CC)c(C(=O)Nc2ccccc2)n1. The van der Waals surface area contributed by atoms with Crippen LogP contribution in [-0.2, 0) is 13.1 Å². The molecule has 2 heterocycles. The first kappa shape index (κ1) is 17.4. The lowest BCUT2D eigenvalue weighted by Gasteiger charge is -2.07. The molecule has 0 unspecified atom stereocenters. The van der Waals surface area contributed by atoms with Gasteiger partial charge < -0.3 is 10.6 Å². The normalized spacial score (nSPS) is 10.5. The molecule has 2 aromatic heterocycles. The molecule has 2 amide bonds. The monoisotopic (exact) mass is 352 g/mol. The summed E-state index contributed by atoms with van der Waals surface area (Å²) < 4.78 is 3.19. The number of nitrogens with one attached hydrogen (secondary N) is 2. The molecule has 0 spiro atoms. The Labute approximate surface area is 150 Å². The van der Waals surface area contributed by atoms with E-state index in [2.05, 4.69) is 20.8 Å². The van der Waals surface area contributed by atoms with Crippen LogP contribution in [0.5, 0.6) is 0 Å². The molecule has 0 radical (unpaired) electrons. The van der Waals surface area contributed by atoms with Crippen molar-refractivity contribution in [3.05, 3.63) is 60.2 Å². The zero-order chi connectivity index (χ0) is 18.5. The van der Waals surface area contributed by atoms with Gasteiger partial charge in [-0.1, -0.05) is 18.2 Å². The Morgan fingerprint density at radius 3 is 2.46 bits per heavy atom. The zero-order valence-corrected chi connectivity index (χ0v) is 14.6. The zero-order valence-electron chi connectivity index (χ0n) is 14.6. The fraction of sp³-hybridized carbons (Fsp3) is 0.222. The summed E-state index contributed by atoms with van der Waals surface area (Å²) in [5, 5.41) is 13.9. The summed E-state index contributed by atoms with van der Waals surface area (Å²) in [6.45, 7) is 4.96. The molecule has 8 nitrogen and oxygen atoms in total. The fourth-order valence-corrected chi connectivity index (χ4v) is 2.52. The fourth-order valence-electron chi connectivity index (χ4n) is 2.52. The van der Waals surface area contributed by atoms with E-state index >= 15 is 0 Å². The van der Waals surface area contributed by atoms with E-state index in [1.807, 2.05) is 32.0 Å². The average Bonchev–Trinajstić information content (AvgIpc) is 3.29. The molecule has 2 N–H and O–H groups in total. The van der Waals surface area contributed by atoms with E-state index in [0.717, 1.165) is 0 Å². The Kier molecular flexibility index (Phi) is 5.12. The first-order valence-corrected chi connectivity index (χ1v) is 8.39. The molecule has 3 rings (SSSR count). The number of para-hydroxylation sites is 1. The predicted octanol–water partition coefficient (Wildman–Crippen LogP) is 2.62. The maximum atomic E-state index is 12.6. The summed E-state index contributed by atoms with van der Waals surface area (Å²) in [5.74, 6) is -0.725. The van der Waals surface area contributed by atoms with E-state index in [4.69, 9.17) is 0 Å². The molecule has 0 atom stereocenters. The van der Waals surface area contributed by atoms with Gasteiger partial charge in [0.15, 0.2) is 5.69 Å². The van der Waals surface area contributed by atoms with Gasteiger partial charge in [-0.3, -0.25) is 19.0 Å². The van der Waals surface area contributed by atoms with Gasteiger partial charge in [-0.2, -0.15) is 10.2 Å². The van der Waals surface area contributed by atoms with Crippen LogP contribution in [0.4, 0.5) is 11.4 Å². The molecule has 3 aromatic rings. The number of anilines is 2. The molecule has 134 valence electrons. The standard InChI is InChI=1S/C18H20N6O2/c1-3-23-12-14(21-17(25)15-10-11-19-24(15)4-2)16(22-23)18(26)20-13-8-6-5-7-9-13/h5-12H,3-4H2,1-2H3,(H,20,26)(H,21,25).